The summed E-state index contributed by atoms with van der Waals surface area (Å²) in [6.45, 7) is 0. The van der Waals surface area contributed by atoms with E-state index in [1.807, 2.05) is 24.3 Å². The predicted octanol–water partition coefficient (Wildman–Crippen LogP) is 10.9. The molecule has 0 aliphatic heterocycles. The van der Waals surface area contributed by atoms with Crippen LogP contribution in [-0.2, 0) is 6.42 Å². The third kappa shape index (κ3) is 6.30. The van der Waals surface area contributed by atoms with Crippen LogP contribution in [0.25, 0.3) is 42.0 Å². The Labute approximate surface area is 247 Å². The van der Waals surface area contributed by atoms with Crippen LogP contribution in [0.4, 0.5) is 0 Å². The number of rotatable bonds is 0. The minimum atomic E-state index is 0.301. The minimum Gasteiger partial charge on any atom is -0.355 e. The zero-order valence-corrected chi connectivity index (χ0v) is 24.1. The van der Waals surface area contributed by atoms with E-state index >= 15 is 0 Å². The molecule has 1 aliphatic carbocycles. The van der Waals surface area contributed by atoms with Gasteiger partial charge in [0.1, 0.15) is 0 Å². The second-order valence-corrected chi connectivity index (χ2v) is 11.6. The Morgan fingerprint density at radius 3 is 1.54 bits per heavy atom. The highest BCUT2D eigenvalue weighted by atomic mass is 32.1. The lowest BCUT2D eigenvalue weighted by atomic mass is 10.1. The maximum Gasteiger partial charge on any atom is 0.163 e. The van der Waals surface area contributed by atoms with Crippen molar-refractivity contribution in [3.63, 3.8) is 0 Å². The predicted molar refractivity (Wildman–Crippen MR) is 179 cm³/mol. The van der Waals surface area contributed by atoms with Crippen molar-refractivity contribution >= 4 is 70.4 Å². The summed E-state index contributed by atoms with van der Waals surface area (Å²) in [5.41, 5.74) is 4.57. The zero-order valence-electron chi connectivity index (χ0n) is 22.5. The molecular weight excluding hydrogens is 539 g/mol. The second kappa shape index (κ2) is 12.8. The van der Waals surface area contributed by atoms with Crippen LogP contribution in [-0.4, -0.2) is 10.8 Å². The molecule has 0 unspecified atom stereocenters. The number of aromatic nitrogens is 1. The Balaban J connectivity index is 0.0000000996. The molecule has 1 aliphatic rings. The Morgan fingerprint density at radius 2 is 0.976 bits per heavy atom. The first-order valence-corrected chi connectivity index (χ1v) is 15.4. The molecule has 0 saturated heterocycles. The zero-order chi connectivity index (χ0) is 27.9. The lowest BCUT2D eigenvalue weighted by Crippen LogP contribution is -1.88. The molecule has 5 aromatic carbocycles. The first kappa shape index (κ1) is 26.7. The quantitative estimate of drug-likeness (QED) is 0.194. The molecule has 0 saturated carbocycles. The van der Waals surface area contributed by atoms with Gasteiger partial charge in [0.15, 0.2) is 5.78 Å². The molecule has 41 heavy (non-hydrogen) atoms. The third-order valence-electron chi connectivity index (χ3n) is 7.08. The second-order valence-electron chi connectivity index (χ2n) is 9.71. The number of ketones is 1. The fourth-order valence-electron chi connectivity index (χ4n) is 5.00. The minimum absolute atomic E-state index is 0.301. The molecule has 0 radical (unpaired) electrons. The summed E-state index contributed by atoms with van der Waals surface area (Å²) in [6.07, 6.45) is 1.65. The summed E-state index contributed by atoms with van der Waals surface area (Å²) in [5.74, 6) is 0.301. The van der Waals surface area contributed by atoms with Gasteiger partial charge in [0.2, 0.25) is 0 Å². The van der Waals surface area contributed by atoms with Gasteiger partial charge in [-0.2, -0.15) is 0 Å². The molecule has 0 fully saturated rings. The van der Waals surface area contributed by atoms with E-state index in [1.165, 1.54) is 47.5 Å². The lowest BCUT2D eigenvalue weighted by Gasteiger charge is -1.92. The van der Waals surface area contributed by atoms with Crippen molar-refractivity contribution in [2.45, 2.75) is 12.8 Å². The van der Waals surface area contributed by atoms with E-state index in [-0.39, 0.29) is 0 Å². The number of para-hydroxylation sites is 2. The SMILES string of the molecule is O=C1CCc2ccccc21.c1ccc2c(c1)[nH]c1ccccc12.c1ccc2sccc2c1.c1ccc2sccc2c1. The smallest absolute Gasteiger partial charge is 0.163 e. The third-order valence-corrected chi connectivity index (χ3v) is 8.87. The van der Waals surface area contributed by atoms with Crippen molar-refractivity contribution in [1.29, 1.82) is 0 Å². The van der Waals surface area contributed by atoms with E-state index in [0.717, 1.165) is 12.0 Å². The van der Waals surface area contributed by atoms with Crippen molar-refractivity contribution in [2.24, 2.45) is 0 Å². The van der Waals surface area contributed by atoms with Crippen LogP contribution in [0.3, 0.4) is 0 Å². The van der Waals surface area contributed by atoms with Crippen LogP contribution in [0, 0.1) is 0 Å². The molecule has 1 N–H and O–H groups in total. The monoisotopic (exact) mass is 567 g/mol. The van der Waals surface area contributed by atoms with Crippen LogP contribution in [0.5, 0.6) is 0 Å². The van der Waals surface area contributed by atoms with Gasteiger partial charge in [-0.05, 0) is 69.9 Å². The van der Waals surface area contributed by atoms with Gasteiger partial charge in [-0.25, -0.2) is 0 Å². The number of H-pyrrole nitrogens is 1. The molecule has 200 valence electrons. The Bertz CT molecular complexity index is 1870. The molecule has 3 aromatic heterocycles. The number of carbonyl (C=O) groups excluding carboxylic acids is 1. The van der Waals surface area contributed by atoms with E-state index in [2.05, 4.69) is 125 Å². The van der Waals surface area contributed by atoms with Crippen molar-refractivity contribution in [3.05, 3.63) is 155 Å². The molecular formula is C37H29NOS2. The largest absolute Gasteiger partial charge is 0.355 e. The summed E-state index contributed by atoms with van der Waals surface area (Å²) in [4.78, 5) is 14.4. The average Bonchev–Trinajstić information content (AvgIpc) is 3.84. The van der Waals surface area contributed by atoms with Crippen LogP contribution in [0.2, 0.25) is 0 Å². The summed E-state index contributed by atoms with van der Waals surface area (Å²) in [6, 6.07) is 45.7. The normalized spacial score (nSPS) is 11.8. The van der Waals surface area contributed by atoms with E-state index < -0.39 is 0 Å². The lowest BCUT2D eigenvalue weighted by molar-refractivity contribution is 0.0994. The fourth-order valence-corrected chi connectivity index (χ4v) is 6.59. The van der Waals surface area contributed by atoms with Crippen LogP contribution >= 0.6 is 22.7 Å². The highest BCUT2D eigenvalue weighted by Gasteiger charge is 2.17. The Hall–Kier alpha value is -4.51. The first-order valence-electron chi connectivity index (χ1n) is 13.7. The number of fused-ring (bicyclic) bond motifs is 6. The summed E-state index contributed by atoms with van der Waals surface area (Å²) < 4.78 is 2.75. The van der Waals surface area contributed by atoms with Gasteiger partial charge in [-0.15, -0.1) is 22.7 Å². The molecule has 2 nitrogen and oxygen atoms in total. The summed E-state index contributed by atoms with van der Waals surface area (Å²) in [5, 5.41) is 9.54. The van der Waals surface area contributed by atoms with E-state index in [1.54, 1.807) is 22.7 Å². The number of nitrogens with one attached hydrogen (secondary N) is 1. The molecule has 8 aromatic rings. The number of hydrogen-bond donors (Lipinski definition) is 1. The van der Waals surface area contributed by atoms with Gasteiger partial charge >= 0.3 is 0 Å². The van der Waals surface area contributed by atoms with Crippen molar-refractivity contribution in [1.82, 2.24) is 4.98 Å². The number of aromatic amines is 1. The number of aryl methyl sites for hydroxylation is 1. The average molecular weight is 568 g/mol. The highest BCUT2D eigenvalue weighted by molar-refractivity contribution is 7.17. The van der Waals surface area contributed by atoms with Crippen LogP contribution in [0.15, 0.2) is 144 Å². The van der Waals surface area contributed by atoms with Crippen LogP contribution in [0.1, 0.15) is 22.3 Å². The van der Waals surface area contributed by atoms with Crippen molar-refractivity contribution in [3.8, 4) is 0 Å². The molecule has 0 bridgehead atoms. The highest BCUT2D eigenvalue weighted by Crippen LogP contribution is 2.24. The molecule has 0 atom stereocenters. The Kier molecular flexibility index (Phi) is 8.32. The van der Waals surface area contributed by atoms with Gasteiger partial charge in [0.25, 0.3) is 0 Å². The van der Waals surface area contributed by atoms with E-state index in [4.69, 9.17) is 0 Å². The van der Waals surface area contributed by atoms with Gasteiger partial charge in [0, 0.05) is 43.2 Å². The number of Topliss-reactive ketones (excluding diaryl/α,β-unsaturated/α-hetero) is 1. The van der Waals surface area contributed by atoms with E-state index in [9.17, 15) is 4.79 Å². The molecule has 9 rings (SSSR count). The molecule has 4 heteroatoms. The molecule has 0 spiro atoms. The van der Waals surface area contributed by atoms with Gasteiger partial charge in [-0.3, -0.25) is 4.79 Å². The Morgan fingerprint density at radius 1 is 0.488 bits per heavy atom. The number of benzene rings is 5. The number of carbonyl (C=O) groups is 1. The standard InChI is InChI=1S/C12H9N.C9H8O.2C8H6S/c1-3-7-11-9(5-1)10-6-2-4-8-12(10)13-11;10-9-6-5-7-3-1-2-4-8(7)9;2*1-2-4-8-7(3-1)5-6-9-8/h1-8,13H;1-4H,5-6H2;2*1-6H. The summed E-state index contributed by atoms with van der Waals surface area (Å²) >= 11 is 3.57. The first-order chi connectivity index (χ1) is 20.3. The van der Waals surface area contributed by atoms with Gasteiger partial charge in [-0.1, -0.05) is 97.1 Å². The molecule has 3 heterocycles. The maximum absolute atomic E-state index is 11.1. The fraction of sp³-hybridized carbons (Fsp3) is 0.0541. The molecule has 0 amide bonds. The number of thiophene rings is 2. The van der Waals surface area contributed by atoms with Crippen molar-refractivity contribution in [2.75, 3.05) is 0 Å². The van der Waals surface area contributed by atoms with Gasteiger partial charge < -0.3 is 4.98 Å². The van der Waals surface area contributed by atoms with Crippen molar-refractivity contribution < 1.29 is 4.79 Å². The van der Waals surface area contributed by atoms with Crippen LogP contribution < -0.4 is 0 Å². The topological polar surface area (TPSA) is 32.9 Å². The number of hydrogen-bond acceptors (Lipinski definition) is 3. The van der Waals surface area contributed by atoms with E-state index in [0.29, 0.717) is 12.2 Å². The van der Waals surface area contributed by atoms with Gasteiger partial charge in [0.05, 0.1) is 0 Å². The maximum atomic E-state index is 11.1. The summed E-state index contributed by atoms with van der Waals surface area (Å²) in [7, 11) is 0.